The lowest BCUT2D eigenvalue weighted by Crippen LogP contribution is -2.12. The minimum absolute atomic E-state index is 0.0169. The summed E-state index contributed by atoms with van der Waals surface area (Å²) in [5, 5.41) is 9.75. The summed E-state index contributed by atoms with van der Waals surface area (Å²) in [6.07, 6.45) is 0. The molecule has 0 radical (unpaired) electrons. The van der Waals surface area contributed by atoms with E-state index in [1.165, 1.54) is 25.3 Å². The zero-order valence-electron chi connectivity index (χ0n) is 10.7. The summed E-state index contributed by atoms with van der Waals surface area (Å²) < 4.78 is 9.67. The first kappa shape index (κ1) is 13.6. The normalized spacial score (nSPS) is 9.85. The van der Waals surface area contributed by atoms with Crippen molar-refractivity contribution in [3.63, 3.8) is 0 Å². The van der Waals surface area contributed by atoms with Crippen LogP contribution < -0.4 is 4.74 Å². The number of hydrogen-bond donors (Lipinski definition) is 1. The van der Waals surface area contributed by atoms with Crippen molar-refractivity contribution < 1.29 is 24.2 Å². The van der Waals surface area contributed by atoms with Crippen LogP contribution in [0.1, 0.15) is 20.7 Å². The Hall–Kier alpha value is -2.82. The molecule has 102 valence electrons. The van der Waals surface area contributed by atoms with E-state index < -0.39 is 11.9 Å². The van der Waals surface area contributed by atoms with Gasteiger partial charge in [-0.15, -0.1) is 0 Å². The third-order valence-electron chi connectivity index (χ3n) is 2.60. The molecule has 0 saturated heterocycles. The minimum atomic E-state index is -0.697. The topological polar surface area (TPSA) is 72.8 Å². The largest absolute Gasteiger partial charge is 0.504 e. The summed E-state index contributed by atoms with van der Waals surface area (Å²) in [7, 11) is 1.20. The molecular formula is C15H12O5. The minimum Gasteiger partial charge on any atom is -0.504 e. The lowest BCUT2D eigenvalue weighted by Gasteiger charge is -2.10. The molecule has 0 aromatic heterocycles. The van der Waals surface area contributed by atoms with Crippen molar-refractivity contribution in [3.05, 3.63) is 59.7 Å². The van der Waals surface area contributed by atoms with E-state index >= 15 is 0 Å². The number of benzene rings is 2. The monoisotopic (exact) mass is 272 g/mol. The second-order valence-corrected chi connectivity index (χ2v) is 3.90. The van der Waals surface area contributed by atoms with Crippen LogP contribution in [0.4, 0.5) is 0 Å². The maximum absolute atomic E-state index is 11.9. The van der Waals surface area contributed by atoms with Crippen molar-refractivity contribution >= 4 is 11.9 Å². The molecule has 2 aromatic rings. The lowest BCUT2D eigenvalue weighted by molar-refractivity contribution is 0.0591. The molecule has 0 bridgehead atoms. The highest BCUT2D eigenvalue weighted by atomic mass is 16.5. The molecule has 0 aliphatic heterocycles. The van der Waals surface area contributed by atoms with Gasteiger partial charge in [-0.1, -0.05) is 24.3 Å². The van der Waals surface area contributed by atoms with Crippen LogP contribution in [0.3, 0.4) is 0 Å². The van der Waals surface area contributed by atoms with E-state index in [1.54, 1.807) is 30.3 Å². The fourth-order valence-corrected chi connectivity index (χ4v) is 1.63. The summed E-state index contributed by atoms with van der Waals surface area (Å²) in [5.74, 6) is -1.89. The summed E-state index contributed by atoms with van der Waals surface area (Å²) in [6, 6.07) is 12.4. The Morgan fingerprint density at radius 1 is 0.950 bits per heavy atom. The molecule has 0 amide bonds. The van der Waals surface area contributed by atoms with Crippen LogP contribution in [0.2, 0.25) is 0 Å². The Labute approximate surface area is 115 Å². The summed E-state index contributed by atoms with van der Waals surface area (Å²) in [5.41, 5.74) is 0.295. The van der Waals surface area contributed by atoms with Crippen LogP contribution in [0.5, 0.6) is 11.5 Å². The number of hydrogen-bond acceptors (Lipinski definition) is 5. The van der Waals surface area contributed by atoms with Crippen LogP contribution in [0.15, 0.2) is 48.5 Å². The van der Waals surface area contributed by atoms with Gasteiger partial charge in [0.1, 0.15) is 5.56 Å². The zero-order chi connectivity index (χ0) is 14.5. The van der Waals surface area contributed by atoms with Crippen LogP contribution in [-0.2, 0) is 4.74 Å². The molecule has 0 fully saturated rings. The molecule has 0 aliphatic rings. The van der Waals surface area contributed by atoms with Gasteiger partial charge >= 0.3 is 11.9 Å². The van der Waals surface area contributed by atoms with E-state index in [1.807, 2.05) is 0 Å². The fourth-order valence-electron chi connectivity index (χ4n) is 1.63. The Balaban J connectivity index is 2.34. The Morgan fingerprint density at radius 2 is 1.65 bits per heavy atom. The average Bonchev–Trinajstić information content (AvgIpc) is 2.49. The van der Waals surface area contributed by atoms with Gasteiger partial charge in [-0.3, -0.25) is 0 Å². The van der Waals surface area contributed by atoms with Crippen LogP contribution in [0, 0.1) is 0 Å². The summed E-state index contributed by atoms with van der Waals surface area (Å²) in [4.78, 5) is 23.5. The number of phenolic OH excluding ortho intramolecular Hbond substituents is 1. The van der Waals surface area contributed by atoms with Gasteiger partial charge in [-0.25, -0.2) is 9.59 Å². The van der Waals surface area contributed by atoms with Gasteiger partial charge in [0.05, 0.1) is 12.7 Å². The number of esters is 2. The predicted molar refractivity (Wildman–Crippen MR) is 70.8 cm³/mol. The SMILES string of the molecule is COC(=O)c1cccc(O)c1OC(=O)c1ccccc1. The number of ether oxygens (including phenoxy) is 2. The molecule has 0 heterocycles. The predicted octanol–water partition coefficient (Wildman–Crippen LogP) is 2.40. The number of phenols is 1. The van der Waals surface area contributed by atoms with Gasteiger partial charge in [0, 0.05) is 0 Å². The lowest BCUT2D eigenvalue weighted by atomic mass is 10.2. The highest BCUT2D eigenvalue weighted by molar-refractivity contribution is 5.97. The first-order chi connectivity index (χ1) is 9.63. The van der Waals surface area contributed by atoms with E-state index in [4.69, 9.17) is 4.74 Å². The average molecular weight is 272 g/mol. The van der Waals surface area contributed by atoms with Crippen LogP contribution in [-0.4, -0.2) is 24.2 Å². The van der Waals surface area contributed by atoms with Crippen molar-refractivity contribution in [2.45, 2.75) is 0 Å². The van der Waals surface area contributed by atoms with E-state index in [0.717, 1.165) is 0 Å². The number of carbonyl (C=O) groups excluding carboxylic acids is 2. The Bertz CT molecular complexity index is 634. The highest BCUT2D eigenvalue weighted by Gasteiger charge is 2.20. The number of aromatic hydroxyl groups is 1. The van der Waals surface area contributed by atoms with Gasteiger partial charge < -0.3 is 14.6 Å². The molecule has 20 heavy (non-hydrogen) atoms. The third kappa shape index (κ3) is 2.77. The standard InChI is InChI=1S/C15H12O5/c1-19-15(18)11-8-5-9-12(16)13(11)20-14(17)10-6-3-2-4-7-10/h2-9,16H,1H3. The molecular weight excluding hydrogens is 260 g/mol. The molecule has 2 aromatic carbocycles. The van der Waals surface area contributed by atoms with Crippen LogP contribution >= 0.6 is 0 Å². The second kappa shape index (κ2) is 5.88. The molecule has 2 rings (SSSR count). The second-order valence-electron chi connectivity index (χ2n) is 3.90. The van der Waals surface area contributed by atoms with Crippen LogP contribution in [0.25, 0.3) is 0 Å². The molecule has 1 N–H and O–H groups in total. The maximum Gasteiger partial charge on any atom is 0.343 e. The van der Waals surface area contributed by atoms with E-state index in [2.05, 4.69) is 4.74 Å². The van der Waals surface area contributed by atoms with Crippen molar-refractivity contribution in [1.29, 1.82) is 0 Å². The van der Waals surface area contributed by atoms with Gasteiger partial charge in [-0.05, 0) is 24.3 Å². The summed E-state index contributed by atoms with van der Waals surface area (Å²) in [6.45, 7) is 0. The zero-order valence-corrected chi connectivity index (χ0v) is 10.7. The fraction of sp³-hybridized carbons (Fsp3) is 0.0667. The van der Waals surface area contributed by atoms with E-state index in [9.17, 15) is 14.7 Å². The molecule has 0 spiro atoms. The van der Waals surface area contributed by atoms with E-state index in [0.29, 0.717) is 5.56 Å². The first-order valence-electron chi connectivity index (χ1n) is 5.81. The smallest absolute Gasteiger partial charge is 0.343 e. The number of para-hydroxylation sites is 1. The Morgan fingerprint density at radius 3 is 2.30 bits per heavy atom. The van der Waals surface area contributed by atoms with Crippen molar-refractivity contribution in [1.82, 2.24) is 0 Å². The van der Waals surface area contributed by atoms with Gasteiger partial charge in [0.25, 0.3) is 0 Å². The highest BCUT2D eigenvalue weighted by Crippen LogP contribution is 2.31. The van der Waals surface area contributed by atoms with Gasteiger partial charge in [0.2, 0.25) is 0 Å². The number of methoxy groups -OCH3 is 1. The molecule has 5 nitrogen and oxygen atoms in total. The van der Waals surface area contributed by atoms with Crippen molar-refractivity contribution in [3.8, 4) is 11.5 Å². The van der Waals surface area contributed by atoms with Gasteiger partial charge in [-0.2, -0.15) is 0 Å². The molecule has 0 aliphatic carbocycles. The molecule has 5 heteroatoms. The molecule has 0 saturated carbocycles. The van der Waals surface area contributed by atoms with Crippen molar-refractivity contribution in [2.24, 2.45) is 0 Å². The Kier molecular flexibility index (Phi) is 4.00. The maximum atomic E-state index is 11.9. The summed E-state index contributed by atoms with van der Waals surface area (Å²) >= 11 is 0. The first-order valence-corrected chi connectivity index (χ1v) is 5.81. The van der Waals surface area contributed by atoms with Gasteiger partial charge in [0.15, 0.2) is 11.5 Å². The van der Waals surface area contributed by atoms with E-state index in [-0.39, 0.29) is 17.1 Å². The number of carbonyl (C=O) groups is 2. The number of rotatable bonds is 3. The third-order valence-corrected chi connectivity index (χ3v) is 2.60. The quantitative estimate of drug-likeness (QED) is 0.686. The molecule has 0 atom stereocenters. The van der Waals surface area contributed by atoms with Crippen molar-refractivity contribution in [2.75, 3.05) is 7.11 Å². The molecule has 0 unspecified atom stereocenters.